The van der Waals surface area contributed by atoms with Gasteiger partial charge in [0.05, 0.1) is 5.52 Å². The standard InChI is InChI=1S/C11H11N.C4H10.2C2H6/c1-8-5-6-9(2)11-10(8)4-3-7-12-11;1-3-4-2;2*1-2/h3-7H,1-2H3;3-4H2,1-2H3;2*1-2H3. The lowest BCUT2D eigenvalue weighted by Gasteiger charge is -2.02. The van der Waals surface area contributed by atoms with E-state index in [-0.39, 0.29) is 0 Å². The SMILES string of the molecule is CC.CC.CCCC.Cc1ccc(C)c2ncccc12. The first-order chi connectivity index (χ1) is 9.70. The van der Waals surface area contributed by atoms with E-state index >= 15 is 0 Å². The number of aromatic nitrogens is 1. The largest absolute Gasteiger partial charge is 0.256 e. The second-order valence-electron chi connectivity index (χ2n) is 4.10. The van der Waals surface area contributed by atoms with Gasteiger partial charge in [-0.1, -0.05) is 72.6 Å². The number of unbranched alkanes of at least 4 members (excludes halogenated alkanes) is 1. The van der Waals surface area contributed by atoms with Gasteiger partial charge in [0.2, 0.25) is 0 Å². The molecule has 0 radical (unpaired) electrons. The zero-order valence-electron chi connectivity index (χ0n) is 14.7. The Morgan fingerprint density at radius 2 is 1.30 bits per heavy atom. The van der Waals surface area contributed by atoms with Crippen LogP contribution in [0.4, 0.5) is 0 Å². The Morgan fingerprint density at radius 1 is 0.800 bits per heavy atom. The van der Waals surface area contributed by atoms with Crippen LogP contribution in [0, 0.1) is 13.8 Å². The zero-order valence-corrected chi connectivity index (χ0v) is 14.7. The highest BCUT2D eigenvalue weighted by Gasteiger charge is 1.98. The molecular formula is C19H33N. The van der Waals surface area contributed by atoms with Gasteiger partial charge in [-0.05, 0) is 31.0 Å². The van der Waals surface area contributed by atoms with Gasteiger partial charge in [-0.25, -0.2) is 0 Å². The summed E-state index contributed by atoms with van der Waals surface area (Å²) >= 11 is 0. The molecule has 0 atom stereocenters. The van der Waals surface area contributed by atoms with E-state index in [0.29, 0.717) is 0 Å². The lowest BCUT2D eigenvalue weighted by Crippen LogP contribution is -1.84. The van der Waals surface area contributed by atoms with Crippen LogP contribution < -0.4 is 0 Å². The number of hydrogen-bond acceptors (Lipinski definition) is 1. The summed E-state index contributed by atoms with van der Waals surface area (Å²) in [6, 6.07) is 8.35. The number of rotatable bonds is 1. The molecule has 0 aliphatic heterocycles. The maximum Gasteiger partial charge on any atom is 0.0733 e. The summed E-state index contributed by atoms with van der Waals surface area (Å²) in [5.74, 6) is 0. The third-order valence-corrected chi connectivity index (χ3v) is 2.69. The van der Waals surface area contributed by atoms with E-state index in [1.807, 2.05) is 40.0 Å². The average Bonchev–Trinajstić information content (AvgIpc) is 2.55. The molecule has 1 heterocycles. The van der Waals surface area contributed by atoms with Crippen LogP contribution in [-0.4, -0.2) is 4.98 Å². The van der Waals surface area contributed by atoms with Crippen molar-refractivity contribution in [2.75, 3.05) is 0 Å². The van der Waals surface area contributed by atoms with E-state index in [9.17, 15) is 0 Å². The van der Waals surface area contributed by atoms with Gasteiger partial charge in [0, 0.05) is 11.6 Å². The molecule has 0 saturated heterocycles. The molecule has 0 aliphatic carbocycles. The first kappa shape index (κ1) is 20.9. The monoisotopic (exact) mass is 275 g/mol. The minimum Gasteiger partial charge on any atom is -0.256 e. The highest BCUT2D eigenvalue weighted by molar-refractivity contribution is 5.84. The number of pyridine rings is 1. The van der Waals surface area contributed by atoms with Crippen molar-refractivity contribution in [1.82, 2.24) is 4.98 Å². The predicted octanol–water partition coefficient (Wildman–Crippen LogP) is 6.71. The third kappa shape index (κ3) is 7.28. The Morgan fingerprint density at radius 3 is 1.75 bits per heavy atom. The van der Waals surface area contributed by atoms with E-state index in [1.54, 1.807) is 0 Å². The third-order valence-electron chi connectivity index (χ3n) is 2.69. The molecule has 1 nitrogen and oxygen atoms in total. The van der Waals surface area contributed by atoms with Crippen molar-refractivity contribution in [2.45, 2.75) is 68.2 Å². The Bertz CT molecular complexity index is 404. The Hall–Kier alpha value is -1.37. The number of hydrogen-bond donors (Lipinski definition) is 0. The van der Waals surface area contributed by atoms with E-state index in [1.165, 1.54) is 29.4 Å². The number of fused-ring (bicyclic) bond motifs is 1. The van der Waals surface area contributed by atoms with E-state index in [4.69, 9.17) is 0 Å². The van der Waals surface area contributed by atoms with Crippen molar-refractivity contribution in [1.29, 1.82) is 0 Å². The summed E-state index contributed by atoms with van der Waals surface area (Å²) in [4.78, 5) is 4.34. The van der Waals surface area contributed by atoms with Crippen molar-refractivity contribution in [2.24, 2.45) is 0 Å². The fraction of sp³-hybridized carbons (Fsp3) is 0.526. The fourth-order valence-corrected chi connectivity index (χ4v) is 1.46. The van der Waals surface area contributed by atoms with Gasteiger partial charge in [-0.3, -0.25) is 4.98 Å². The molecule has 0 N–H and O–H groups in total. The summed E-state index contributed by atoms with van der Waals surface area (Å²) in [5.41, 5.74) is 3.66. The van der Waals surface area contributed by atoms with Gasteiger partial charge in [0.1, 0.15) is 0 Å². The average molecular weight is 275 g/mol. The van der Waals surface area contributed by atoms with Crippen LogP contribution in [0.2, 0.25) is 0 Å². The van der Waals surface area contributed by atoms with Gasteiger partial charge in [0.25, 0.3) is 0 Å². The van der Waals surface area contributed by atoms with E-state index < -0.39 is 0 Å². The summed E-state index contributed by atoms with van der Waals surface area (Å²) in [5, 5.41) is 1.26. The highest BCUT2D eigenvalue weighted by atomic mass is 14.6. The van der Waals surface area contributed by atoms with Gasteiger partial charge in [-0.2, -0.15) is 0 Å². The normalized spacial score (nSPS) is 8.40. The van der Waals surface area contributed by atoms with Gasteiger partial charge in [0.15, 0.2) is 0 Å². The topological polar surface area (TPSA) is 12.9 Å². The van der Waals surface area contributed by atoms with E-state index in [2.05, 4.69) is 50.9 Å². The molecular weight excluding hydrogens is 242 g/mol. The molecule has 0 amide bonds. The van der Waals surface area contributed by atoms with Crippen LogP contribution in [0.1, 0.15) is 65.5 Å². The minimum absolute atomic E-state index is 1.12. The maximum atomic E-state index is 4.34. The Balaban J connectivity index is 0. The van der Waals surface area contributed by atoms with E-state index in [0.717, 1.165) is 5.52 Å². The lowest BCUT2D eigenvalue weighted by molar-refractivity contribution is 0.886. The molecule has 0 saturated carbocycles. The molecule has 20 heavy (non-hydrogen) atoms. The fourth-order valence-electron chi connectivity index (χ4n) is 1.46. The second kappa shape index (κ2) is 14.0. The Labute approximate surface area is 126 Å². The van der Waals surface area contributed by atoms with Crippen LogP contribution in [0.3, 0.4) is 0 Å². The quantitative estimate of drug-likeness (QED) is 0.563. The first-order valence-electron chi connectivity index (χ1n) is 8.01. The highest BCUT2D eigenvalue weighted by Crippen LogP contribution is 2.18. The lowest BCUT2D eigenvalue weighted by atomic mass is 10.1. The minimum atomic E-state index is 1.12. The van der Waals surface area contributed by atoms with Crippen molar-refractivity contribution < 1.29 is 0 Å². The molecule has 2 aromatic rings. The molecule has 114 valence electrons. The summed E-state index contributed by atoms with van der Waals surface area (Å²) < 4.78 is 0. The van der Waals surface area contributed by atoms with Crippen molar-refractivity contribution in [3.63, 3.8) is 0 Å². The molecule has 2 rings (SSSR count). The zero-order chi connectivity index (χ0) is 16.0. The summed E-state index contributed by atoms with van der Waals surface area (Å²) in [6.45, 7) is 16.6. The predicted molar refractivity (Wildman–Crippen MR) is 94.5 cm³/mol. The van der Waals surface area contributed by atoms with Gasteiger partial charge in [-0.15, -0.1) is 0 Å². The van der Waals surface area contributed by atoms with Crippen molar-refractivity contribution >= 4 is 10.9 Å². The Kier molecular flexibility index (Phi) is 14.7. The van der Waals surface area contributed by atoms with Crippen LogP contribution in [0.15, 0.2) is 30.5 Å². The van der Waals surface area contributed by atoms with Crippen LogP contribution >= 0.6 is 0 Å². The second-order valence-corrected chi connectivity index (χ2v) is 4.10. The summed E-state index contributed by atoms with van der Waals surface area (Å²) in [6.07, 6.45) is 4.48. The molecule has 1 aromatic heterocycles. The number of benzene rings is 1. The molecule has 1 aromatic carbocycles. The van der Waals surface area contributed by atoms with Crippen LogP contribution in [0.5, 0.6) is 0 Å². The van der Waals surface area contributed by atoms with Crippen molar-refractivity contribution in [3.8, 4) is 0 Å². The number of aryl methyl sites for hydroxylation is 2. The molecule has 0 aliphatic rings. The number of nitrogens with zero attached hydrogens (tertiary/aromatic N) is 1. The first-order valence-corrected chi connectivity index (χ1v) is 8.01. The molecule has 0 spiro atoms. The van der Waals surface area contributed by atoms with Crippen molar-refractivity contribution in [3.05, 3.63) is 41.6 Å². The van der Waals surface area contributed by atoms with Gasteiger partial charge >= 0.3 is 0 Å². The van der Waals surface area contributed by atoms with Crippen LogP contribution in [-0.2, 0) is 0 Å². The molecule has 0 unspecified atom stereocenters. The van der Waals surface area contributed by atoms with Crippen LogP contribution in [0.25, 0.3) is 10.9 Å². The van der Waals surface area contributed by atoms with Gasteiger partial charge < -0.3 is 0 Å². The smallest absolute Gasteiger partial charge is 0.0733 e. The maximum absolute atomic E-state index is 4.34. The molecule has 0 bridgehead atoms. The molecule has 1 heteroatoms. The molecule has 0 fully saturated rings. The summed E-state index contributed by atoms with van der Waals surface area (Å²) in [7, 11) is 0.